The number of anilines is 1. The van der Waals surface area contributed by atoms with Crippen molar-refractivity contribution in [1.82, 2.24) is 5.43 Å². The summed E-state index contributed by atoms with van der Waals surface area (Å²) in [5, 5.41) is 6.82. The number of hydrogen-bond donors (Lipinski definition) is 1. The molecule has 0 bridgehead atoms. The highest BCUT2D eigenvalue weighted by molar-refractivity contribution is 7.92. The molecular formula is C27H22ClN3O3S. The first-order chi connectivity index (χ1) is 16.9. The second-order valence-corrected chi connectivity index (χ2v) is 10.6. The molecule has 0 unspecified atom stereocenters. The summed E-state index contributed by atoms with van der Waals surface area (Å²) >= 11 is 6.10. The van der Waals surface area contributed by atoms with Crippen LogP contribution in [-0.4, -0.2) is 27.1 Å². The van der Waals surface area contributed by atoms with Gasteiger partial charge in [0.25, 0.3) is 15.9 Å². The first kappa shape index (κ1) is 23.1. The zero-order valence-corrected chi connectivity index (χ0v) is 20.3. The van der Waals surface area contributed by atoms with Gasteiger partial charge < -0.3 is 0 Å². The largest absolute Gasteiger partial charge is 0.271 e. The first-order valence-electron chi connectivity index (χ1n) is 11.1. The number of carbonyl (C=O) groups excluding carboxylic acids is 1. The lowest BCUT2D eigenvalue weighted by molar-refractivity contribution is -0.119. The van der Waals surface area contributed by atoms with Gasteiger partial charge in [-0.15, -0.1) is 0 Å². The van der Waals surface area contributed by atoms with Gasteiger partial charge in [-0.05, 0) is 65.1 Å². The summed E-state index contributed by atoms with van der Waals surface area (Å²) in [6.07, 6.45) is 3.65. The molecule has 0 radical (unpaired) electrons. The summed E-state index contributed by atoms with van der Waals surface area (Å²) in [5.74, 6) is -0.577. The molecule has 0 aromatic heterocycles. The van der Waals surface area contributed by atoms with E-state index in [9.17, 15) is 13.2 Å². The molecule has 0 saturated carbocycles. The number of nitrogens with one attached hydrogen (secondary N) is 1. The Labute approximate surface area is 208 Å². The van der Waals surface area contributed by atoms with Gasteiger partial charge in [0.2, 0.25) is 0 Å². The van der Waals surface area contributed by atoms with Gasteiger partial charge in [0.1, 0.15) is 6.54 Å². The van der Waals surface area contributed by atoms with Crippen LogP contribution >= 0.6 is 11.6 Å². The summed E-state index contributed by atoms with van der Waals surface area (Å²) in [7, 11) is -4.01. The van der Waals surface area contributed by atoms with E-state index in [-0.39, 0.29) is 10.6 Å². The zero-order valence-electron chi connectivity index (χ0n) is 18.7. The molecule has 1 amide bonds. The monoisotopic (exact) mass is 503 g/mol. The van der Waals surface area contributed by atoms with Crippen molar-refractivity contribution in [3.8, 4) is 0 Å². The van der Waals surface area contributed by atoms with Gasteiger partial charge >= 0.3 is 0 Å². The van der Waals surface area contributed by atoms with Gasteiger partial charge in [-0.1, -0.05) is 66.2 Å². The fraction of sp³-hybridized carbons (Fsp3) is 0.111. The van der Waals surface area contributed by atoms with Crippen LogP contribution in [-0.2, 0) is 27.7 Å². The maximum Gasteiger partial charge on any atom is 0.264 e. The number of carbonyl (C=O) groups is 1. The molecule has 0 atom stereocenters. The molecule has 0 aliphatic heterocycles. The molecule has 0 saturated heterocycles. The van der Waals surface area contributed by atoms with E-state index in [0.29, 0.717) is 5.02 Å². The van der Waals surface area contributed by atoms with Crippen LogP contribution in [0.15, 0.2) is 94.9 Å². The molecule has 1 aliphatic carbocycles. The highest BCUT2D eigenvalue weighted by atomic mass is 35.5. The van der Waals surface area contributed by atoms with Crippen LogP contribution in [0.1, 0.15) is 16.7 Å². The third-order valence-electron chi connectivity index (χ3n) is 6.02. The summed E-state index contributed by atoms with van der Waals surface area (Å²) in [5.41, 5.74) is 6.28. The predicted octanol–water partition coefficient (Wildman–Crippen LogP) is 4.94. The van der Waals surface area contributed by atoms with Crippen molar-refractivity contribution in [2.75, 3.05) is 10.8 Å². The highest BCUT2D eigenvalue weighted by Gasteiger charge is 2.27. The molecular weight excluding hydrogens is 482 g/mol. The number of sulfonamides is 1. The minimum absolute atomic E-state index is 0.0733. The average Bonchev–Trinajstić information content (AvgIpc) is 3.29. The number of aryl methyl sites for hydroxylation is 2. The van der Waals surface area contributed by atoms with Crippen molar-refractivity contribution in [2.24, 2.45) is 5.10 Å². The SMILES string of the molecule is O=C(CN(c1cccc(Cl)c1)S(=O)(=O)c1ccccc1)N/N=C\c1ccc2c3c(cccc13)CC2. The highest BCUT2D eigenvalue weighted by Crippen LogP contribution is 2.32. The molecule has 1 aliphatic rings. The van der Waals surface area contributed by atoms with Gasteiger partial charge in [0, 0.05) is 10.6 Å². The maximum atomic E-state index is 13.4. The predicted molar refractivity (Wildman–Crippen MR) is 140 cm³/mol. The lowest BCUT2D eigenvalue weighted by Crippen LogP contribution is -2.39. The van der Waals surface area contributed by atoms with Crippen molar-refractivity contribution in [2.45, 2.75) is 17.7 Å². The Kier molecular flexibility index (Phi) is 6.28. The Balaban J connectivity index is 1.39. The maximum absolute atomic E-state index is 13.4. The van der Waals surface area contributed by atoms with Gasteiger partial charge in [0.05, 0.1) is 16.8 Å². The second kappa shape index (κ2) is 9.52. The first-order valence-corrected chi connectivity index (χ1v) is 12.9. The number of nitrogens with zero attached hydrogens (tertiary/aromatic N) is 2. The van der Waals surface area contributed by atoms with E-state index in [0.717, 1.165) is 28.1 Å². The lowest BCUT2D eigenvalue weighted by atomic mass is 10.0. The molecule has 0 heterocycles. The van der Waals surface area contributed by atoms with Gasteiger partial charge in [-0.3, -0.25) is 9.10 Å². The fourth-order valence-corrected chi connectivity index (χ4v) is 6.01. The average molecular weight is 504 g/mol. The van der Waals surface area contributed by atoms with Gasteiger partial charge in [0.15, 0.2) is 0 Å². The van der Waals surface area contributed by atoms with E-state index in [4.69, 9.17) is 11.6 Å². The van der Waals surface area contributed by atoms with E-state index in [1.165, 1.54) is 34.7 Å². The minimum atomic E-state index is -4.01. The van der Waals surface area contributed by atoms with Crippen LogP contribution in [0.5, 0.6) is 0 Å². The standard InChI is InChI=1S/C27H22ClN3O3S/c28-22-7-5-8-23(16-22)31(35(33,34)24-9-2-1-3-10-24)18-26(32)30-29-17-21-15-14-20-13-12-19-6-4-11-25(21)27(19)20/h1-11,14-17H,12-13,18H2,(H,30,32)/b29-17-. The molecule has 5 rings (SSSR count). The summed E-state index contributed by atoms with van der Waals surface area (Å²) < 4.78 is 27.7. The smallest absolute Gasteiger partial charge is 0.264 e. The zero-order chi connectivity index (χ0) is 24.4. The van der Waals surface area contributed by atoms with Crippen molar-refractivity contribution < 1.29 is 13.2 Å². The molecule has 4 aromatic rings. The second-order valence-electron chi connectivity index (χ2n) is 8.25. The van der Waals surface area contributed by atoms with E-state index in [1.807, 2.05) is 18.2 Å². The van der Waals surface area contributed by atoms with Crippen molar-refractivity contribution in [1.29, 1.82) is 0 Å². The Bertz CT molecular complexity index is 1540. The number of hydrazone groups is 1. The van der Waals surface area contributed by atoms with E-state index < -0.39 is 22.5 Å². The normalized spacial score (nSPS) is 12.8. The number of halogens is 1. The lowest BCUT2D eigenvalue weighted by Gasteiger charge is -2.23. The van der Waals surface area contributed by atoms with E-state index in [1.54, 1.807) is 42.6 Å². The summed E-state index contributed by atoms with van der Waals surface area (Å²) in [4.78, 5) is 12.9. The molecule has 35 heavy (non-hydrogen) atoms. The van der Waals surface area contributed by atoms with Crippen LogP contribution < -0.4 is 9.73 Å². The number of hydrogen-bond acceptors (Lipinski definition) is 4. The number of benzene rings is 4. The van der Waals surface area contributed by atoms with Crippen molar-refractivity contribution in [3.05, 3.63) is 107 Å². The minimum Gasteiger partial charge on any atom is -0.271 e. The third kappa shape index (κ3) is 4.65. The van der Waals surface area contributed by atoms with E-state index >= 15 is 0 Å². The Morgan fingerprint density at radius 2 is 1.69 bits per heavy atom. The number of amides is 1. The quantitative estimate of drug-likeness (QED) is 0.286. The fourth-order valence-electron chi connectivity index (χ4n) is 4.39. The van der Waals surface area contributed by atoms with Crippen LogP contribution in [0.3, 0.4) is 0 Å². The van der Waals surface area contributed by atoms with Crippen LogP contribution in [0, 0.1) is 0 Å². The van der Waals surface area contributed by atoms with Crippen molar-refractivity contribution >= 4 is 50.2 Å². The van der Waals surface area contributed by atoms with Crippen LogP contribution in [0.25, 0.3) is 10.8 Å². The molecule has 0 fully saturated rings. The van der Waals surface area contributed by atoms with Crippen molar-refractivity contribution in [3.63, 3.8) is 0 Å². The van der Waals surface area contributed by atoms with Crippen LogP contribution in [0.4, 0.5) is 5.69 Å². The molecule has 8 heteroatoms. The van der Waals surface area contributed by atoms with Gasteiger partial charge in [-0.25, -0.2) is 13.8 Å². The number of rotatable bonds is 7. The molecule has 6 nitrogen and oxygen atoms in total. The molecule has 1 N–H and O–H groups in total. The van der Waals surface area contributed by atoms with E-state index in [2.05, 4.69) is 22.7 Å². The topological polar surface area (TPSA) is 78.8 Å². The Hall–Kier alpha value is -3.68. The molecule has 4 aromatic carbocycles. The summed E-state index contributed by atoms with van der Waals surface area (Å²) in [6, 6.07) is 24.6. The van der Waals surface area contributed by atoms with Crippen LogP contribution in [0.2, 0.25) is 5.02 Å². The Morgan fingerprint density at radius 1 is 0.943 bits per heavy atom. The molecule has 0 spiro atoms. The third-order valence-corrected chi connectivity index (χ3v) is 8.04. The Morgan fingerprint density at radius 3 is 2.46 bits per heavy atom. The summed E-state index contributed by atoms with van der Waals surface area (Å²) in [6.45, 7) is -0.460. The van der Waals surface area contributed by atoms with Gasteiger partial charge in [-0.2, -0.15) is 5.10 Å². The molecule has 176 valence electrons.